The molecule has 0 spiro atoms. The second kappa shape index (κ2) is 8.55. The molecule has 1 aromatic rings. The summed E-state index contributed by atoms with van der Waals surface area (Å²) in [6.45, 7) is 12.3. The van der Waals surface area contributed by atoms with E-state index in [0.29, 0.717) is 5.95 Å². The zero-order chi connectivity index (χ0) is 15.0. The maximum absolute atomic E-state index is 4.65. The minimum atomic E-state index is 0.633. The van der Waals surface area contributed by atoms with E-state index in [9.17, 15) is 0 Å². The molecule has 0 aromatic carbocycles. The number of anilines is 3. The molecule has 1 aromatic heterocycles. The standard InChI is InChI=1S/C14H28N6/c1-6-10-20(11-7-2)14-17-12(15-5)16-13(18-14)19(8-3)9-4/h6-11H2,1-5H3,(H,15,16,17,18). The van der Waals surface area contributed by atoms with Crippen molar-refractivity contribution in [3.8, 4) is 0 Å². The van der Waals surface area contributed by atoms with Crippen LogP contribution in [0.1, 0.15) is 40.5 Å². The highest BCUT2D eigenvalue weighted by molar-refractivity contribution is 5.44. The van der Waals surface area contributed by atoms with E-state index in [1.54, 1.807) is 0 Å². The Labute approximate surface area is 122 Å². The summed E-state index contributed by atoms with van der Waals surface area (Å²) in [5.74, 6) is 2.16. The third-order valence-corrected chi connectivity index (χ3v) is 3.15. The van der Waals surface area contributed by atoms with Gasteiger partial charge in [-0.15, -0.1) is 0 Å². The van der Waals surface area contributed by atoms with Crippen molar-refractivity contribution in [2.45, 2.75) is 40.5 Å². The minimum absolute atomic E-state index is 0.633. The van der Waals surface area contributed by atoms with E-state index in [0.717, 1.165) is 50.9 Å². The van der Waals surface area contributed by atoms with E-state index < -0.39 is 0 Å². The van der Waals surface area contributed by atoms with Crippen molar-refractivity contribution < 1.29 is 0 Å². The molecule has 0 radical (unpaired) electrons. The van der Waals surface area contributed by atoms with Gasteiger partial charge in [0, 0.05) is 33.2 Å². The van der Waals surface area contributed by atoms with Crippen molar-refractivity contribution in [2.75, 3.05) is 48.3 Å². The monoisotopic (exact) mass is 280 g/mol. The molecule has 0 amide bonds. The van der Waals surface area contributed by atoms with Crippen molar-refractivity contribution >= 4 is 17.8 Å². The third kappa shape index (κ3) is 4.21. The van der Waals surface area contributed by atoms with E-state index in [2.05, 4.69) is 57.8 Å². The summed E-state index contributed by atoms with van der Waals surface area (Å²) in [6, 6.07) is 0. The molecule has 0 saturated heterocycles. The predicted molar refractivity (Wildman–Crippen MR) is 85.7 cm³/mol. The molecule has 0 saturated carbocycles. The van der Waals surface area contributed by atoms with Gasteiger partial charge < -0.3 is 15.1 Å². The van der Waals surface area contributed by atoms with Gasteiger partial charge in [-0.05, 0) is 26.7 Å². The molecular formula is C14H28N6. The Kier molecular flexibility index (Phi) is 7.04. The van der Waals surface area contributed by atoms with Crippen LogP contribution in [-0.2, 0) is 0 Å². The molecule has 0 atom stereocenters. The molecule has 1 heterocycles. The molecule has 20 heavy (non-hydrogen) atoms. The highest BCUT2D eigenvalue weighted by atomic mass is 15.4. The van der Waals surface area contributed by atoms with E-state index in [1.807, 2.05) is 7.05 Å². The number of hydrogen-bond acceptors (Lipinski definition) is 6. The Morgan fingerprint density at radius 3 is 1.70 bits per heavy atom. The Hall–Kier alpha value is -1.59. The van der Waals surface area contributed by atoms with Crippen LogP contribution in [0, 0.1) is 0 Å². The van der Waals surface area contributed by atoms with Crippen LogP contribution in [-0.4, -0.2) is 48.2 Å². The number of nitrogens with one attached hydrogen (secondary N) is 1. The fourth-order valence-corrected chi connectivity index (χ4v) is 2.11. The van der Waals surface area contributed by atoms with E-state index in [4.69, 9.17) is 0 Å². The van der Waals surface area contributed by atoms with Crippen molar-refractivity contribution in [1.29, 1.82) is 0 Å². The Balaban J connectivity index is 3.13. The predicted octanol–water partition coefficient (Wildman–Crippen LogP) is 2.39. The Bertz CT molecular complexity index is 385. The first-order chi connectivity index (χ1) is 9.69. The fourth-order valence-electron chi connectivity index (χ4n) is 2.11. The maximum Gasteiger partial charge on any atom is 0.231 e. The largest absolute Gasteiger partial charge is 0.357 e. The van der Waals surface area contributed by atoms with Crippen LogP contribution in [0.5, 0.6) is 0 Å². The smallest absolute Gasteiger partial charge is 0.231 e. The van der Waals surface area contributed by atoms with Crippen molar-refractivity contribution in [3.05, 3.63) is 0 Å². The van der Waals surface area contributed by atoms with Gasteiger partial charge in [0.2, 0.25) is 17.8 Å². The average molecular weight is 280 g/mol. The lowest BCUT2D eigenvalue weighted by atomic mass is 10.4. The number of hydrogen-bond donors (Lipinski definition) is 1. The minimum Gasteiger partial charge on any atom is -0.357 e. The highest BCUT2D eigenvalue weighted by Crippen LogP contribution is 2.17. The molecule has 1 rings (SSSR count). The van der Waals surface area contributed by atoms with Crippen LogP contribution >= 0.6 is 0 Å². The van der Waals surface area contributed by atoms with Crippen molar-refractivity contribution in [1.82, 2.24) is 15.0 Å². The van der Waals surface area contributed by atoms with Crippen LogP contribution in [0.3, 0.4) is 0 Å². The quantitative estimate of drug-likeness (QED) is 0.749. The van der Waals surface area contributed by atoms with Crippen molar-refractivity contribution in [2.24, 2.45) is 0 Å². The summed E-state index contributed by atoms with van der Waals surface area (Å²) in [5, 5.41) is 3.03. The van der Waals surface area contributed by atoms with E-state index in [-0.39, 0.29) is 0 Å². The van der Waals surface area contributed by atoms with Crippen LogP contribution in [0.2, 0.25) is 0 Å². The van der Waals surface area contributed by atoms with Gasteiger partial charge in [0.15, 0.2) is 0 Å². The van der Waals surface area contributed by atoms with Gasteiger partial charge in [-0.1, -0.05) is 13.8 Å². The summed E-state index contributed by atoms with van der Waals surface area (Å²) < 4.78 is 0. The molecule has 0 fully saturated rings. The summed E-state index contributed by atoms with van der Waals surface area (Å²) in [4.78, 5) is 18.0. The first-order valence-corrected chi connectivity index (χ1v) is 7.63. The number of nitrogens with zero attached hydrogens (tertiary/aromatic N) is 5. The molecule has 6 heteroatoms. The van der Waals surface area contributed by atoms with Gasteiger partial charge in [0.05, 0.1) is 0 Å². The first-order valence-electron chi connectivity index (χ1n) is 7.63. The maximum atomic E-state index is 4.65. The third-order valence-electron chi connectivity index (χ3n) is 3.15. The normalized spacial score (nSPS) is 10.4. The Morgan fingerprint density at radius 1 is 0.800 bits per heavy atom. The molecule has 0 aliphatic rings. The second-order valence-corrected chi connectivity index (χ2v) is 4.67. The van der Waals surface area contributed by atoms with Crippen LogP contribution in [0.15, 0.2) is 0 Å². The lowest BCUT2D eigenvalue weighted by Gasteiger charge is -2.24. The van der Waals surface area contributed by atoms with Gasteiger partial charge in [-0.25, -0.2) is 0 Å². The zero-order valence-electron chi connectivity index (χ0n) is 13.5. The van der Waals surface area contributed by atoms with E-state index in [1.165, 1.54) is 0 Å². The summed E-state index contributed by atoms with van der Waals surface area (Å²) in [7, 11) is 1.84. The van der Waals surface area contributed by atoms with Crippen LogP contribution < -0.4 is 15.1 Å². The lowest BCUT2D eigenvalue weighted by Crippen LogP contribution is -2.30. The first kappa shape index (κ1) is 16.5. The van der Waals surface area contributed by atoms with Gasteiger partial charge in [0.25, 0.3) is 0 Å². The highest BCUT2D eigenvalue weighted by Gasteiger charge is 2.14. The SMILES string of the molecule is CCCN(CCC)c1nc(NC)nc(N(CC)CC)n1. The lowest BCUT2D eigenvalue weighted by molar-refractivity contribution is 0.712. The molecule has 114 valence electrons. The van der Waals surface area contributed by atoms with Gasteiger partial charge in [0.1, 0.15) is 0 Å². The topological polar surface area (TPSA) is 57.2 Å². The van der Waals surface area contributed by atoms with Gasteiger partial charge >= 0.3 is 0 Å². The number of aromatic nitrogens is 3. The van der Waals surface area contributed by atoms with Gasteiger partial charge in [-0.3, -0.25) is 0 Å². The van der Waals surface area contributed by atoms with Crippen LogP contribution in [0.4, 0.5) is 17.8 Å². The molecule has 0 unspecified atom stereocenters. The molecule has 0 bridgehead atoms. The van der Waals surface area contributed by atoms with Crippen LogP contribution in [0.25, 0.3) is 0 Å². The molecule has 1 N–H and O–H groups in total. The Morgan fingerprint density at radius 2 is 1.30 bits per heavy atom. The molecule has 0 aliphatic heterocycles. The molecule has 0 aliphatic carbocycles. The van der Waals surface area contributed by atoms with Gasteiger partial charge in [-0.2, -0.15) is 15.0 Å². The summed E-state index contributed by atoms with van der Waals surface area (Å²) in [5.41, 5.74) is 0. The summed E-state index contributed by atoms with van der Waals surface area (Å²) in [6.07, 6.45) is 2.17. The molecule has 6 nitrogen and oxygen atoms in total. The number of rotatable bonds is 9. The zero-order valence-corrected chi connectivity index (χ0v) is 13.5. The van der Waals surface area contributed by atoms with Crippen molar-refractivity contribution in [3.63, 3.8) is 0 Å². The fraction of sp³-hybridized carbons (Fsp3) is 0.786. The molecular weight excluding hydrogens is 252 g/mol. The average Bonchev–Trinajstić information content (AvgIpc) is 2.48. The summed E-state index contributed by atoms with van der Waals surface area (Å²) >= 11 is 0. The van der Waals surface area contributed by atoms with E-state index >= 15 is 0 Å². The second-order valence-electron chi connectivity index (χ2n) is 4.67.